The van der Waals surface area contributed by atoms with E-state index in [4.69, 9.17) is 4.99 Å². The van der Waals surface area contributed by atoms with E-state index in [0.717, 1.165) is 50.9 Å². The maximum absolute atomic E-state index is 9.94. The summed E-state index contributed by atoms with van der Waals surface area (Å²) in [5.74, 6) is 1.94. The minimum absolute atomic E-state index is 0. The van der Waals surface area contributed by atoms with Gasteiger partial charge in [-0.1, -0.05) is 13.3 Å². The van der Waals surface area contributed by atoms with E-state index in [1.54, 1.807) is 0 Å². The number of aliphatic hydroxyl groups is 1. The molecule has 1 saturated heterocycles. The first kappa shape index (κ1) is 19.2. The van der Waals surface area contributed by atoms with Crippen LogP contribution < -0.4 is 10.6 Å². The van der Waals surface area contributed by atoms with E-state index in [9.17, 15) is 5.11 Å². The molecule has 0 radical (unpaired) electrons. The molecule has 0 aromatic heterocycles. The molecule has 23 heavy (non-hydrogen) atoms. The van der Waals surface area contributed by atoms with Gasteiger partial charge in [-0.05, 0) is 38.5 Å². The third kappa shape index (κ3) is 5.19. The highest BCUT2D eigenvalue weighted by Gasteiger charge is 2.38. The van der Waals surface area contributed by atoms with Crippen molar-refractivity contribution in [3.05, 3.63) is 0 Å². The van der Waals surface area contributed by atoms with E-state index in [0.29, 0.717) is 17.9 Å². The van der Waals surface area contributed by atoms with Gasteiger partial charge in [-0.15, -0.1) is 24.0 Å². The second-order valence-electron chi connectivity index (χ2n) is 7.39. The minimum atomic E-state index is -0.151. The monoisotopic (exact) mass is 436 g/mol. The summed E-state index contributed by atoms with van der Waals surface area (Å²) in [6.45, 7) is 8.42. The van der Waals surface area contributed by atoms with Crippen LogP contribution in [-0.2, 0) is 0 Å². The Morgan fingerprint density at radius 3 is 2.61 bits per heavy atom. The van der Waals surface area contributed by atoms with Crippen molar-refractivity contribution < 1.29 is 5.11 Å². The lowest BCUT2D eigenvalue weighted by Crippen LogP contribution is -2.47. The Morgan fingerprint density at radius 1 is 1.22 bits per heavy atom. The van der Waals surface area contributed by atoms with Crippen LogP contribution in [0.25, 0.3) is 0 Å². The van der Waals surface area contributed by atoms with Crippen LogP contribution in [0, 0.1) is 11.8 Å². The average molecular weight is 436 g/mol. The molecule has 3 fully saturated rings. The highest BCUT2D eigenvalue weighted by atomic mass is 127. The van der Waals surface area contributed by atoms with Crippen LogP contribution in [0.5, 0.6) is 0 Å². The third-order valence-corrected chi connectivity index (χ3v) is 5.47. The maximum atomic E-state index is 9.94. The predicted molar refractivity (Wildman–Crippen MR) is 105 cm³/mol. The molecular formula is C17H33IN4O. The fraction of sp³-hybridized carbons (Fsp3) is 0.941. The molecule has 3 N–H and O–H groups in total. The molecule has 134 valence electrons. The van der Waals surface area contributed by atoms with Gasteiger partial charge in [-0.25, -0.2) is 0 Å². The zero-order valence-corrected chi connectivity index (χ0v) is 16.8. The van der Waals surface area contributed by atoms with Gasteiger partial charge in [0.25, 0.3) is 0 Å². The Balaban J connectivity index is 0.00000192. The predicted octanol–water partition coefficient (Wildman–Crippen LogP) is 1.80. The molecule has 3 aliphatic rings. The zero-order valence-electron chi connectivity index (χ0n) is 14.5. The zero-order chi connectivity index (χ0) is 15.5. The average Bonchev–Trinajstić information content (AvgIpc) is 3.17. The fourth-order valence-corrected chi connectivity index (χ4v) is 3.86. The molecular weight excluding hydrogens is 403 g/mol. The summed E-state index contributed by atoms with van der Waals surface area (Å²) in [6, 6.07) is 1.34. The number of rotatable bonds is 5. The number of hydrogen-bond acceptors (Lipinski definition) is 3. The van der Waals surface area contributed by atoms with Crippen molar-refractivity contribution >= 4 is 29.9 Å². The van der Waals surface area contributed by atoms with Crippen LogP contribution in [0.4, 0.5) is 0 Å². The number of hydrogen-bond donors (Lipinski definition) is 3. The van der Waals surface area contributed by atoms with Crippen LogP contribution in [0.1, 0.15) is 46.0 Å². The number of aliphatic imine (C=N–C) groups is 1. The Morgan fingerprint density at radius 2 is 2.00 bits per heavy atom. The number of aliphatic hydroxyl groups excluding tert-OH is 1. The van der Waals surface area contributed by atoms with Gasteiger partial charge in [0.2, 0.25) is 0 Å². The first-order chi connectivity index (χ1) is 10.7. The van der Waals surface area contributed by atoms with Gasteiger partial charge in [0.1, 0.15) is 0 Å². The van der Waals surface area contributed by atoms with Crippen molar-refractivity contribution in [2.24, 2.45) is 16.8 Å². The molecule has 0 aromatic rings. The Labute approximate surface area is 157 Å². The van der Waals surface area contributed by atoms with E-state index >= 15 is 0 Å². The molecule has 3 rings (SSSR count). The number of halogens is 1. The summed E-state index contributed by atoms with van der Waals surface area (Å²) in [7, 11) is 0. The maximum Gasteiger partial charge on any atom is 0.191 e. The molecule has 1 heterocycles. The summed E-state index contributed by atoms with van der Waals surface area (Å²) < 4.78 is 0. The first-order valence-corrected chi connectivity index (χ1v) is 9.14. The fourth-order valence-electron chi connectivity index (χ4n) is 3.86. The van der Waals surface area contributed by atoms with Gasteiger partial charge in [0, 0.05) is 44.2 Å². The molecule has 4 atom stereocenters. The standard InChI is InChI=1S/C17H32N4O.HI/c1-3-18-17(19-9-13-5-4-6-16(13)22)20-15-11-21(10-12(15)2)14-7-8-14;/h12-16,22H,3-11H2,1-2H3,(H2,18,19,20);1H. The van der Waals surface area contributed by atoms with Gasteiger partial charge in [-0.2, -0.15) is 0 Å². The Kier molecular flexibility index (Phi) is 7.41. The van der Waals surface area contributed by atoms with Crippen molar-refractivity contribution in [1.82, 2.24) is 15.5 Å². The SMILES string of the molecule is CCNC(=NCC1CCCC1O)NC1CN(C2CC2)CC1C.I. The number of likely N-dealkylation sites (tertiary alicyclic amines) is 1. The second kappa shape index (κ2) is 8.85. The number of nitrogens with zero attached hydrogens (tertiary/aromatic N) is 2. The molecule has 4 unspecified atom stereocenters. The van der Waals surface area contributed by atoms with E-state index in [1.165, 1.54) is 19.4 Å². The molecule has 0 amide bonds. The summed E-state index contributed by atoms with van der Waals surface area (Å²) in [6.07, 6.45) is 5.81. The van der Waals surface area contributed by atoms with Crippen molar-refractivity contribution in [2.45, 2.75) is 64.1 Å². The molecule has 2 saturated carbocycles. The summed E-state index contributed by atoms with van der Waals surface area (Å²) in [5.41, 5.74) is 0. The Hall–Kier alpha value is -0.0800. The molecule has 0 bridgehead atoms. The second-order valence-corrected chi connectivity index (χ2v) is 7.39. The lowest BCUT2D eigenvalue weighted by molar-refractivity contribution is 0.136. The molecule has 2 aliphatic carbocycles. The van der Waals surface area contributed by atoms with Gasteiger partial charge < -0.3 is 15.7 Å². The van der Waals surface area contributed by atoms with Gasteiger partial charge in [0.15, 0.2) is 5.96 Å². The van der Waals surface area contributed by atoms with Crippen LogP contribution in [0.2, 0.25) is 0 Å². The summed E-state index contributed by atoms with van der Waals surface area (Å²) in [4.78, 5) is 7.38. The van der Waals surface area contributed by atoms with Crippen molar-refractivity contribution in [3.8, 4) is 0 Å². The highest BCUT2D eigenvalue weighted by Crippen LogP contribution is 2.31. The number of nitrogens with one attached hydrogen (secondary N) is 2. The first-order valence-electron chi connectivity index (χ1n) is 9.14. The normalized spacial score (nSPS) is 35.2. The van der Waals surface area contributed by atoms with Gasteiger partial charge in [-0.3, -0.25) is 9.89 Å². The third-order valence-electron chi connectivity index (χ3n) is 5.47. The summed E-state index contributed by atoms with van der Waals surface area (Å²) >= 11 is 0. The van der Waals surface area contributed by atoms with Crippen LogP contribution in [0.3, 0.4) is 0 Å². The van der Waals surface area contributed by atoms with Crippen molar-refractivity contribution in [2.75, 3.05) is 26.2 Å². The highest BCUT2D eigenvalue weighted by molar-refractivity contribution is 14.0. The largest absolute Gasteiger partial charge is 0.393 e. The topological polar surface area (TPSA) is 59.9 Å². The molecule has 0 spiro atoms. The molecule has 6 heteroatoms. The van der Waals surface area contributed by atoms with Crippen molar-refractivity contribution in [3.63, 3.8) is 0 Å². The van der Waals surface area contributed by atoms with Crippen LogP contribution in [-0.4, -0.2) is 60.3 Å². The summed E-state index contributed by atoms with van der Waals surface area (Å²) in [5, 5.41) is 16.9. The van der Waals surface area contributed by atoms with Crippen LogP contribution in [0.15, 0.2) is 4.99 Å². The molecule has 0 aromatic carbocycles. The minimum Gasteiger partial charge on any atom is -0.393 e. The lowest BCUT2D eigenvalue weighted by atomic mass is 10.1. The molecule has 5 nitrogen and oxygen atoms in total. The van der Waals surface area contributed by atoms with E-state index < -0.39 is 0 Å². The lowest BCUT2D eigenvalue weighted by Gasteiger charge is -2.21. The van der Waals surface area contributed by atoms with E-state index in [1.807, 2.05) is 0 Å². The quantitative estimate of drug-likeness (QED) is 0.350. The van der Waals surface area contributed by atoms with Gasteiger partial charge in [0.05, 0.1) is 6.10 Å². The van der Waals surface area contributed by atoms with Crippen molar-refractivity contribution in [1.29, 1.82) is 0 Å². The number of guanidine groups is 1. The molecule has 1 aliphatic heterocycles. The van der Waals surface area contributed by atoms with Crippen LogP contribution >= 0.6 is 24.0 Å². The van der Waals surface area contributed by atoms with E-state index in [-0.39, 0.29) is 30.1 Å². The Bertz CT molecular complexity index is 402. The van der Waals surface area contributed by atoms with E-state index in [2.05, 4.69) is 29.4 Å². The smallest absolute Gasteiger partial charge is 0.191 e. The van der Waals surface area contributed by atoms with Gasteiger partial charge >= 0.3 is 0 Å².